The second-order valence-electron chi connectivity index (χ2n) is 2.63. The maximum Gasteiger partial charge on any atom is 0.138 e. The van der Waals surface area contributed by atoms with Crippen LogP contribution < -0.4 is 0 Å². The Kier molecular flexibility index (Phi) is 1.91. The van der Waals surface area contributed by atoms with E-state index < -0.39 is 0 Å². The van der Waals surface area contributed by atoms with E-state index in [2.05, 4.69) is 11.1 Å². The zero-order valence-electron chi connectivity index (χ0n) is 6.74. The molecule has 0 aliphatic rings. The third kappa shape index (κ3) is 1.25. The first-order valence-corrected chi connectivity index (χ1v) is 4.18. The molecule has 0 aliphatic heterocycles. The van der Waals surface area contributed by atoms with Crippen molar-refractivity contribution in [2.45, 2.75) is 6.42 Å². The van der Waals surface area contributed by atoms with Gasteiger partial charge >= 0.3 is 0 Å². The van der Waals surface area contributed by atoms with Crippen LogP contribution in [0.25, 0.3) is 5.65 Å². The summed E-state index contributed by atoms with van der Waals surface area (Å²) in [5.41, 5.74) is 1.60. The number of hydrogen-bond acceptors (Lipinski definition) is 2. The molecule has 0 saturated heterocycles. The molecule has 0 aliphatic carbocycles. The van der Waals surface area contributed by atoms with Crippen molar-refractivity contribution in [3.8, 4) is 6.07 Å². The van der Waals surface area contributed by atoms with E-state index in [4.69, 9.17) is 16.9 Å². The van der Waals surface area contributed by atoms with Gasteiger partial charge in [-0.2, -0.15) is 5.26 Å². The normalized spacial score (nSPS) is 10.2. The van der Waals surface area contributed by atoms with Crippen molar-refractivity contribution in [1.29, 1.82) is 5.26 Å². The molecule has 64 valence electrons. The van der Waals surface area contributed by atoms with Crippen molar-refractivity contribution < 1.29 is 0 Å². The number of imidazole rings is 1. The van der Waals surface area contributed by atoms with E-state index >= 15 is 0 Å². The molecule has 0 atom stereocenters. The second-order valence-corrected chi connectivity index (χ2v) is 3.01. The quantitative estimate of drug-likeness (QED) is 0.648. The van der Waals surface area contributed by atoms with Gasteiger partial charge in [-0.05, 0) is 12.1 Å². The zero-order valence-corrected chi connectivity index (χ0v) is 7.49. The van der Waals surface area contributed by atoms with Gasteiger partial charge in [-0.3, -0.25) is 4.40 Å². The van der Waals surface area contributed by atoms with Crippen molar-refractivity contribution >= 4 is 17.2 Å². The molecule has 2 rings (SSSR count). The van der Waals surface area contributed by atoms with Crippen LogP contribution in [-0.4, -0.2) is 9.38 Å². The summed E-state index contributed by atoms with van der Waals surface area (Å²) in [7, 11) is 0. The standard InChI is InChI=1S/C9H6ClN3/c10-8-2-1-3-9-12-6-7(4-5-11)13(8)9/h1-3,6H,4H2. The third-order valence-electron chi connectivity index (χ3n) is 1.81. The van der Waals surface area contributed by atoms with E-state index in [9.17, 15) is 0 Å². The van der Waals surface area contributed by atoms with Crippen LogP contribution in [0.1, 0.15) is 5.69 Å². The van der Waals surface area contributed by atoms with Crippen molar-refractivity contribution in [2.24, 2.45) is 0 Å². The van der Waals surface area contributed by atoms with Gasteiger partial charge in [0.25, 0.3) is 0 Å². The number of rotatable bonds is 1. The van der Waals surface area contributed by atoms with E-state index in [-0.39, 0.29) is 0 Å². The fourth-order valence-electron chi connectivity index (χ4n) is 1.26. The SMILES string of the molecule is N#CCc1cnc2cccc(Cl)n12. The number of fused-ring (bicyclic) bond motifs is 1. The van der Waals surface area contributed by atoms with Crippen LogP contribution >= 0.6 is 11.6 Å². The average Bonchev–Trinajstić information content (AvgIpc) is 2.51. The van der Waals surface area contributed by atoms with E-state index in [0.717, 1.165) is 11.3 Å². The van der Waals surface area contributed by atoms with Crippen LogP contribution in [0, 0.1) is 11.3 Å². The topological polar surface area (TPSA) is 41.1 Å². The smallest absolute Gasteiger partial charge is 0.138 e. The fourth-order valence-corrected chi connectivity index (χ4v) is 1.53. The second kappa shape index (κ2) is 3.08. The maximum absolute atomic E-state index is 8.55. The van der Waals surface area contributed by atoms with Crippen molar-refractivity contribution in [3.63, 3.8) is 0 Å². The van der Waals surface area contributed by atoms with E-state index in [0.29, 0.717) is 11.6 Å². The Morgan fingerprint density at radius 2 is 2.38 bits per heavy atom. The summed E-state index contributed by atoms with van der Waals surface area (Å²) in [6.45, 7) is 0. The zero-order chi connectivity index (χ0) is 9.26. The summed E-state index contributed by atoms with van der Waals surface area (Å²) in [6.07, 6.45) is 2.00. The van der Waals surface area contributed by atoms with Crippen molar-refractivity contribution in [3.05, 3.63) is 35.2 Å². The van der Waals surface area contributed by atoms with Gasteiger partial charge in [0.1, 0.15) is 10.8 Å². The van der Waals surface area contributed by atoms with Crippen LogP contribution in [0.4, 0.5) is 0 Å². The molecule has 2 heterocycles. The predicted molar refractivity (Wildman–Crippen MR) is 49.5 cm³/mol. The molecule has 0 fully saturated rings. The summed E-state index contributed by atoms with van der Waals surface area (Å²) < 4.78 is 1.77. The molecule has 0 spiro atoms. The van der Waals surface area contributed by atoms with Crippen LogP contribution in [0.15, 0.2) is 24.4 Å². The van der Waals surface area contributed by atoms with Crippen LogP contribution in [0.3, 0.4) is 0 Å². The highest BCUT2D eigenvalue weighted by molar-refractivity contribution is 6.29. The van der Waals surface area contributed by atoms with Gasteiger partial charge < -0.3 is 0 Å². The molecule has 0 radical (unpaired) electrons. The van der Waals surface area contributed by atoms with Crippen LogP contribution in [0.5, 0.6) is 0 Å². The van der Waals surface area contributed by atoms with E-state index in [1.165, 1.54) is 0 Å². The van der Waals surface area contributed by atoms with Gasteiger partial charge in [-0.15, -0.1) is 0 Å². The van der Waals surface area contributed by atoms with Crippen molar-refractivity contribution in [1.82, 2.24) is 9.38 Å². The maximum atomic E-state index is 8.55. The molecule has 13 heavy (non-hydrogen) atoms. The minimum absolute atomic E-state index is 0.324. The molecule has 2 aromatic rings. The van der Waals surface area contributed by atoms with Crippen LogP contribution in [0.2, 0.25) is 5.15 Å². The highest BCUT2D eigenvalue weighted by atomic mass is 35.5. The molecular formula is C9H6ClN3. The summed E-state index contributed by atoms with van der Waals surface area (Å²) in [5, 5.41) is 9.14. The Morgan fingerprint density at radius 1 is 1.54 bits per heavy atom. The minimum Gasteiger partial charge on any atom is -0.286 e. The molecule has 4 heteroatoms. The Bertz CT molecular complexity index is 481. The monoisotopic (exact) mass is 191 g/mol. The molecule has 0 amide bonds. The summed E-state index contributed by atoms with van der Waals surface area (Å²) in [4.78, 5) is 4.13. The third-order valence-corrected chi connectivity index (χ3v) is 2.11. The lowest BCUT2D eigenvalue weighted by molar-refractivity contribution is 1.06. The molecular weight excluding hydrogens is 186 g/mol. The highest BCUT2D eigenvalue weighted by Crippen LogP contribution is 2.15. The number of hydrogen-bond donors (Lipinski definition) is 0. The molecule has 0 aromatic carbocycles. The van der Waals surface area contributed by atoms with Crippen molar-refractivity contribution in [2.75, 3.05) is 0 Å². The molecule has 0 unspecified atom stereocenters. The Balaban J connectivity index is 2.73. The van der Waals surface area contributed by atoms with Gasteiger partial charge in [0.2, 0.25) is 0 Å². The fraction of sp³-hybridized carbons (Fsp3) is 0.111. The summed E-state index contributed by atoms with van der Waals surface area (Å²) in [6, 6.07) is 7.53. The average molecular weight is 192 g/mol. The first-order valence-electron chi connectivity index (χ1n) is 3.81. The molecule has 0 saturated carbocycles. The first kappa shape index (κ1) is 8.09. The Hall–Kier alpha value is -1.53. The van der Waals surface area contributed by atoms with Gasteiger partial charge in [0, 0.05) is 0 Å². The number of aromatic nitrogens is 2. The van der Waals surface area contributed by atoms with E-state index in [1.807, 2.05) is 12.1 Å². The number of pyridine rings is 1. The number of nitriles is 1. The summed E-state index contributed by atoms with van der Waals surface area (Å²) >= 11 is 5.95. The Morgan fingerprint density at radius 3 is 3.15 bits per heavy atom. The van der Waals surface area contributed by atoms with Crippen LogP contribution in [-0.2, 0) is 6.42 Å². The largest absolute Gasteiger partial charge is 0.286 e. The lowest BCUT2D eigenvalue weighted by Crippen LogP contribution is -1.92. The van der Waals surface area contributed by atoms with E-state index in [1.54, 1.807) is 16.7 Å². The number of halogens is 1. The molecule has 0 N–H and O–H groups in total. The molecule has 3 nitrogen and oxygen atoms in total. The molecule has 0 bridgehead atoms. The highest BCUT2D eigenvalue weighted by Gasteiger charge is 2.04. The lowest BCUT2D eigenvalue weighted by Gasteiger charge is -1.99. The lowest BCUT2D eigenvalue weighted by atomic mass is 10.3. The first-order chi connectivity index (χ1) is 6.33. The van der Waals surface area contributed by atoms with Gasteiger partial charge in [-0.1, -0.05) is 17.7 Å². The number of nitrogens with zero attached hydrogens (tertiary/aromatic N) is 3. The van der Waals surface area contributed by atoms with Gasteiger partial charge in [-0.25, -0.2) is 4.98 Å². The van der Waals surface area contributed by atoms with Gasteiger partial charge in [0.05, 0.1) is 24.4 Å². The molecule has 2 aromatic heterocycles. The predicted octanol–water partition coefficient (Wildman–Crippen LogP) is 2.05. The van der Waals surface area contributed by atoms with Gasteiger partial charge in [0.15, 0.2) is 0 Å². The Labute approximate surface area is 80.2 Å². The summed E-state index contributed by atoms with van der Waals surface area (Å²) in [5.74, 6) is 0. The minimum atomic E-state index is 0.324.